The van der Waals surface area contributed by atoms with E-state index in [1.54, 1.807) is 12.3 Å². The molecule has 172 valence electrons. The van der Waals surface area contributed by atoms with Gasteiger partial charge in [0.2, 0.25) is 11.9 Å². The first-order chi connectivity index (χ1) is 15.4. The number of hydrogen-bond acceptors (Lipinski definition) is 9. The monoisotopic (exact) mass is 444 g/mol. The van der Waals surface area contributed by atoms with Crippen LogP contribution in [-0.4, -0.2) is 63.9 Å². The smallest absolute Gasteiger partial charge is 0.290 e. The number of fused-ring (bicyclic) bond motifs is 1. The molecule has 5 heterocycles. The van der Waals surface area contributed by atoms with E-state index in [9.17, 15) is 4.79 Å². The maximum Gasteiger partial charge on any atom is 0.290 e. The van der Waals surface area contributed by atoms with Crippen LogP contribution >= 0.6 is 0 Å². The van der Waals surface area contributed by atoms with E-state index in [0.717, 1.165) is 37.2 Å². The first-order valence-electron chi connectivity index (χ1n) is 10.6. The molecular weight excluding hydrogens is 416 g/mol. The van der Waals surface area contributed by atoms with Crippen LogP contribution in [0, 0.1) is 25.7 Å². The van der Waals surface area contributed by atoms with E-state index in [1.807, 2.05) is 13.8 Å². The van der Waals surface area contributed by atoms with Gasteiger partial charge in [0.15, 0.2) is 0 Å². The van der Waals surface area contributed by atoms with Gasteiger partial charge in [0.05, 0.1) is 30.4 Å². The van der Waals surface area contributed by atoms with Gasteiger partial charge in [-0.25, -0.2) is 4.98 Å². The zero-order valence-corrected chi connectivity index (χ0v) is 18.2. The molecule has 2 bridgehead atoms. The summed E-state index contributed by atoms with van der Waals surface area (Å²) in [5.41, 5.74) is 7.32. The van der Waals surface area contributed by atoms with Crippen molar-refractivity contribution in [2.75, 3.05) is 30.3 Å². The van der Waals surface area contributed by atoms with E-state index in [1.165, 1.54) is 0 Å². The number of nitrogens with two attached hydrogens (primary N) is 1. The summed E-state index contributed by atoms with van der Waals surface area (Å²) < 4.78 is 11.6. The quantitative estimate of drug-likeness (QED) is 0.561. The van der Waals surface area contributed by atoms with Crippen molar-refractivity contribution in [3.05, 3.63) is 29.3 Å². The average molecular weight is 444 g/mol. The van der Waals surface area contributed by atoms with Crippen LogP contribution in [0.5, 0.6) is 0 Å². The highest BCUT2D eigenvalue weighted by molar-refractivity contribution is 5.79. The standard InChI is InChI=1S/C20H26N6O3.CH2O2/c1-11-13(12(2)29-25-11)7-18(27)23-8-14-15-9-26(19-22-6-4-17(21)24-19)10-20(15)5-3-16(14)28-20;2-1-3/h4,6,14-16H,3,5,7-10H2,1-2H3,(H,23,27)(H2,21,22,24);1H,(H,2,3)/t14-,15+,16+,20+;/m0./s1. The molecule has 0 aromatic carbocycles. The Hall–Kier alpha value is -3.21. The van der Waals surface area contributed by atoms with Gasteiger partial charge in [0.1, 0.15) is 11.6 Å². The van der Waals surface area contributed by atoms with Gasteiger partial charge in [-0.05, 0) is 32.8 Å². The Bertz CT molecular complexity index is 977. The largest absolute Gasteiger partial charge is 0.483 e. The van der Waals surface area contributed by atoms with E-state index in [4.69, 9.17) is 24.9 Å². The molecule has 2 aromatic rings. The first-order valence-corrected chi connectivity index (χ1v) is 10.6. The lowest BCUT2D eigenvalue weighted by Crippen LogP contribution is -2.42. The lowest BCUT2D eigenvalue weighted by molar-refractivity contribution is -0.123. The van der Waals surface area contributed by atoms with Gasteiger partial charge >= 0.3 is 0 Å². The Labute approximate surface area is 185 Å². The fourth-order valence-electron chi connectivity index (χ4n) is 5.34. The number of nitrogens with zero attached hydrogens (tertiary/aromatic N) is 4. The Morgan fingerprint density at radius 2 is 2.25 bits per heavy atom. The number of hydrogen-bond donors (Lipinski definition) is 3. The minimum absolute atomic E-state index is 0.00903. The van der Waals surface area contributed by atoms with Gasteiger partial charge in [-0.3, -0.25) is 9.59 Å². The number of carboxylic acid groups (broad SMARTS) is 1. The van der Waals surface area contributed by atoms with Crippen LogP contribution in [0.2, 0.25) is 0 Å². The van der Waals surface area contributed by atoms with E-state index in [-0.39, 0.29) is 24.1 Å². The molecule has 11 heteroatoms. The fourth-order valence-corrected chi connectivity index (χ4v) is 5.34. The molecule has 3 aliphatic heterocycles. The van der Waals surface area contributed by atoms with Gasteiger partial charge in [0.25, 0.3) is 6.47 Å². The molecule has 2 aromatic heterocycles. The van der Waals surface area contributed by atoms with Gasteiger partial charge in [-0.15, -0.1) is 0 Å². The first kappa shape index (κ1) is 22.0. The summed E-state index contributed by atoms with van der Waals surface area (Å²) in [6.45, 7) is 5.66. The summed E-state index contributed by atoms with van der Waals surface area (Å²) in [6.07, 6.45) is 4.27. The molecule has 4 N–H and O–H groups in total. The lowest BCUT2D eigenvalue weighted by Gasteiger charge is -2.29. The van der Waals surface area contributed by atoms with E-state index in [0.29, 0.717) is 42.3 Å². The predicted molar refractivity (Wildman–Crippen MR) is 114 cm³/mol. The van der Waals surface area contributed by atoms with Crippen LogP contribution in [-0.2, 0) is 20.7 Å². The number of carbonyl (C=O) groups excluding carboxylic acids is 1. The number of rotatable bonds is 5. The van der Waals surface area contributed by atoms with Crippen molar-refractivity contribution in [2.45, 2.75) is 44.8 Å². The molecule has 0 unspecified atom stereocenters. The minimum Gasteiger partial charge on any atom is -0.483 e. The summed E-state index contributed by atoms with van der Waals surface area (Å²) in [6, 6.07) is 1.69. The topological polar surface area (TPSA) is 157 Å². The van der Waals surface area contributed by atoms with Crippen LogP contribution in [0.3, 0.4) is 0 Å². The summed E-state index contributed by atoms with van der Waals surface area (Å²) in [4.78, 5) is 31.8. The molecule has 32 heavy (non-hydrogen) atoms. The van der Waals surface area contributed by atoms with Crippen molar-refractivity contribution in [2.24, 2.45) is 11.8 Å². The predicted octanol–water partition coefficient (Wildman–Crippen LogP) is 0.707. The molecule has 3 saturated heterocycles. The van der Waals surface area contributed by atoms with Crippen LogP contribution in [0.25, 0.3) is 0 Å². The van der Waals surface area contributed by atoms with Crippen LogP contribution in [0.1, 0.15) is 29.9 Å². The molecule has 3 fully saturated rings. The SMILES string of the molecule is Cc1noc(C)c1CC(=O)NC[C@H]1[C@H]2CN(c3nccc(N)n3)C[C@]23CC[C@H]1O3.O=CO. The van der Waals surface area contributed by atoms with Crippen LogP contribution in [0.4, 0.5) is 11.8 Å². The van der Waals surface area contributed by atoms with Crippen LogP contribution < -0.4 is 16.0 Å². The molecule has 5 rings (SSSR count). The Balaban J connectivity index is 0.000000775. The number of carbonyl (C=O) groups is 2. The second-order valence-corrected chi connectivity index (χ2v) is 8.58. The van der Waals surface area contributed by atoms with Crippen molar-refractivity contribution >= 4 is 24.1 Å². The summed E-state index contributed by atoms with van der Waals surface area (Å²) in [5, 5.41) is 13.9. The molecule has 1 spiro atoms. The number of nitrogen functional groups attached to an aromatic ring is 1. The molecule has 0 saturated carbocycles. The molecule has 4 atom stereocenters. The summed E-state index contributed by atoms with van der Waals surface area (Å²) >= 11 is 0. The normalized spacial score (nSPS) is 27.6. The van der Waals surface area contributed by atoms with Gasteiger partial charge < -0.3 is 30.3 Å². The maximum absolute atomic E-state index is 12.5. The molecular formula is C21H28N6O5. The minimum atomic E-state index is -0.250. The third-order valence-electron chi connectivity index (χ3n) is 6.78. The zero-order chi connectivity index (χ0) is 22.9. The van der Waals surface area contributed by atoms with E-state index < -0.39 is 0 Å². The van der Waals surface area contributed by atoms with Crippen molar-refractivity contribution < 1.29 is 24.0 Å². The zero-order valence-electron chi connectivity index (χ0n) is 18.2. The second-order valence-electron chi connectivity index (χ2n) is 8.58. The number of amides is 1. The molecule has 11 nitrogen and oxygen atoms in total. The molecule has 1 amide bonds. The van der Waals surface area contributed by atoms with Crippen molar-refractivity contribution in [1.29, 1.82) is 0 Å². The average Bonchev–Trinajstić information content (AvgIpc) is 3.49. The Morgan fingerprint density at radius 1 is 1.47 bits per heavy atom. The number of ether oxygens (including phenoxy) is 1. The highest BCUT2D eigenvalue weighted by Gasteiger charge is 2.63. The number of nitrogens with one attached hydrogen (secondary N) is 1. The number of aromatic nitrogens is 3. The van der Waals surface area contributed by atoms with Crippen molar-refractivity contribution in [1.82, 2.24) is 20.4 Å². The van der Waals surface area contributed by atoms with Crippen LogP contribution in [0.15, 0.2) is 16.8 Å². The van der Waals surface area contributed by atoms with Gasteiger partial charge in [-0.1, -0.05) is 5.16 Å². The number of aryl methyl sites for hydroxylation is 2. The maximum atomic E-state index is 12.5. The van der Waals surface area contributed by atoms with Gasteiger partial charge in [-0.2, -0.15) is 4.98 Å². The van der Waals surface area contributed by atoms with E-state index in [2.05, 4.69) is 25.3 Å². The van der Waals surface area contributed by atoms with Gasteiger partial charge in [0, 0.05) is 36.7 Å². The fraction of sp³-hybridized carbons (Fsp3) is 0.571. The lowest BCUT2D eigenvalue weighted by atomic mass is 9.73. The molecule has 0 aliphatic carbocycles. The highest BCUT2D eigenvalue weighted by Crippen LogP contribution is 2.54. The van der Waals surface area contributed by atoms with Crippen molar-refractivity contribution in [3.8, 4) is 0 Å². The molecule has 3 aliphatic rings. The highest BCUT2D eigenvalue weighted by atomic mass is 16.5. The van der Waals surface area contributed by atoms with E-state index >= 15 is 0 Å². The summed E-state index contributed by atoms with van der Waals surface area (Å²) in [5.74, 6) is 2.47. The van der Waals surface area contributed by atoms with Crippen molar-refractivity contribution in [3.63, 3.8) is 0 Å². The Kier molecular flexibility index (Phi) is 6.00. The third-order valence-corrected chi connectivity index (χ3v) is 6.78. The summed E-state index contributed by atoms with van der Waals surface area (Å²) in [7, 11) is 0. The third kappa shape index (κ3) is 3.99. The number of anilines is 2. The second kappa shape index (κ2) is 8.73. The molecule has 0 radical (unpaired) electrons. The Morgan fingerprint density at radius 3 is 2.94 bits per heavy atom.